The van der Waals surface area contributed by atoms with Gasteiger partial charge in [0.15, 0.2) is 0 Å². The van der Waals surface area contributed by atoms with Gasteiger partial charge in [-0.25, -0.2) is 0 Å². The Morgan fingerprint density at radius 1 is 1.31 bits per heavy atom. The van der Waals surface area contributed by atoms with Crippen molar-refractivity contribution in [2.75, 3.05) is 16.8 Å². The van der Waals surface area contributed by atoms with Gasteiger partial charge in [-0.2, -0.15) is 11.8 Å². The summed E-state index contributed by atoms with van der Waals surface area (Å²) < 4.78 is 0. The van der Waals surface area contributed by atoms with Crippen LogP contribution in [0.15, 0.2) is 24.3 Å². The molecule has 0 aromatic heterocycles. The van der Waals surface area contributed by atoms with Gasteiger partial charge in [0.2, 0.25) is 5.91 Å². The average Bonchev–Trinajstić information content (AvgIpc) is 2.11. The predicted molar refractivity (Wildman–Crippen MR) is 56.1 cm³/mol. The number of carbonyl (C=O) groups is 1. The fourth-order valence-corrected chi connectivity index (χ4v) is 2.16. The van der Waals surface area contributed by atoms with Crippen LogP contribution in [0.5, 0.6) is 0 Å². The van der Waals surface area contributed by atoms with Crippen molar-refractivity contribution in [3.63, 3.8) is 0 Å². The molecule has 0 atom stereocenters. The molecule has 0 radical (unpaired) electrons. The molecule has 1 aromatic rings. The van der Waals surface area contributed by atoms with E-state index in [4.69, 9.17) is 0 Å². The molecule has 13 heavy (non-hydrogen) atoms. The van der Waals surface area contributed by atoms with E-state index in [0.29, 0.717) is 5.75 Å². The summed E-state index contributed by atoms with van der Waals surface area (Å²) in [6.45, 7) is 0. The van der Waals surface area contributed by atoms with Gasteiger partial charge in [0.1, 0.15) is 0 Å². The highest BCUT2D eigenvalue weighted by Gasteiger charge is 2.09. The number of rotatable bonds is 0. The Morgan fingerprint density at radius 3 is 3.08 bits per heavy atom. The van der Waals surface area contributed by atoms with Gasteiger partial charge in [0, 0.05) is 5.69 Å². The van der Waals surface area contributed by atoms with Gasteiger partial charge < -0.3 is 5.32 Å². The van der Waals surface area contributed by atoms with E-state index < -0.39 is 0 Å². The molecule has 0 saturated heterocycles. The summed E-state index contributed by atoms with van der Waals surface area (Å²) in [6, 6.07) is 8.00. The van der Waals surface area contributed by atoms with Gasteiger partial charge >= 0.3 is 0 Å². The first-order chi connectivity index (χ1) is 6.36. The second kappa shape index (κ2) is 3.83. The van der Waals surface area contributed by atoms with E-state index in [1.54, 1.807) is 11.8 Å². The molecule has 0 aliphatic carbocycles. The van der Waals surface area contributed by atoms with Crippen molar-refractivity contribution >= 4 is 23.4 Å². The third kappa shape index (κ3) is 2.04. The molecule has 2 nitrogen and oxygen atoms in total. The first-order valence-corrected chi connectivity index (χ1v) is 5.47. The number of hydrogen-bond acceptors (Lipinski definition) is 2. The maximum absolute atomic E-state index is 11.3. The Labute approximate surface area is 81.7 Å². The highest BCUT2D eigenvalue weighted by Crippen LogP contribution is 2.20. The Hall–Kier alpha value is -0.960. The van der Waals surface area contributed by atoms with Gasteiger partial charge in [-0.3, -0.25) is 4.79 Å². The van der Waals surface area contributed by atoms with Crippen molar-refractivity contribution in [3.8, 4) is 0 Å². The van der Waals surface area contributed by atoms with Crippen LogP contribution in [0.1, 0.15) is 5.56 Å². The molecule has 0 fully saturated rings. The zero-order valence-corrected chi connectivity index (χ0v) is 8.06. The second-order valence-electron chi connectivity index (χ2n) is 3.01. The number of carbonyl (C=O) groups excluding carboxylic acids is 1. The zero-order valence-electron chi connectivity index (χ0n) is 7.25. The normalized spacial score (nSPS) is 16.8. The van der Waals surface area contributed by atoms with Crippen molar-refractivity contribution in [3.05, 3.63) is 29.8 Å². The fourth-order valence-electron chi connectivity index (χ4n) is 1.39. The Balaban J connectivity index is 2.30. The molecule has 0 unspecified atom stereocenters. The van der Waals surface area contributed by atoms with E-state index >= 15 is 0 Å². The van der Waals surface area contributed by atoms with Crippen molar-refractivity contribution in [2.45, 2.75) is 6.42 Å². The number of hydrogen-bond donors (Lipinski definition) is 1. The maximum atomic E-state index is 11.3. The number of aryl methyl sites for hydroxylation is 1. The molecular weight excluding hydrogens is 182 g/mol. The summed E-state index contributed by atoms with van der Waals surface area (Å²) in [7, 11) is 0. The van der Waals surface area contributed by atoms with Crippen LogP contribution in [0.4, 0.5) is 5.69 Å². The third-order valence-electron chi connectivity index (χ3n) is 2.04. The second-order valence-corrected chi connectivity index (χ2v) is 4.11. The lowest BCUT2D eigenvalue weighted by Crippen LogP contribution is -2.18. The first-order valence-electron chi connectivity index (χ1n) is 4.32. The number of anilines is 1. The van der Waals surface area contributed by atoms with Gasteiger partial charge in [-0.1, -0.05) is 18.2 Å². The summed E-state index contributed by atoms with van der Waals surface area (Å²) in [5.74, 6) is 1.72. The quantitative estimate of drug-likeness (QED) is 0.682. The fraction of sp³-hybridized carbons (Fsp3) is 0.300. The smallest absolute Gasteiger partial charge is 0.234 e. The molecule has 3 heteroatoms. The van der Waals surface area contributed by atoms with Gasteiger partial charge in [-0.05, 0) is 23.8 Å². The number of thioether (sulfide) groups is 1. The van der Waals surface area contributed by atoms with E-state index in [1.807, 2.05) is 18.2 Å². The minimum absolute atomic E-state index is 0.108. The van der Waals surface area contributed by atoms with Crippen LogP contribution in [-0.2, 0) is 11.2 Å². The minimum atomic E-state index is 0.108. The van der Waals surface area contributed by atoms with Crippen LogP contribution in [0.2, 0.25) is 0 Å². The van der Waals surface area contributed by atoms with Crippen LogP contribution in [0, 0.1) is 0 Å². The van der Waals surface area contributed by atoms with E-state index in [2.05, 4.69) is 11.4 Å². The summed E-state index contributed by atoms with van der Waals surface area (Å²) in [5.41, 5.74) is 2.22. The van der Waals surface area contributed by atoms with Crippen molar-refractivity contribution < 1.29 is 4.79 Å². The van der Waals surface area contributed by atoms with E-state index in [1.165, 1.54) is 5.56 Å². The van der Waals surface area contributed by atoms with Crippen molar-refractivity contribution in [1.82, 2.24) is 0 Å². The lowest BCUT2D eigenvalue weighted by Gasteiger charge is -2.13. The van der Waals surface area contributed by atoms with Crippen LogP contribution < -0.4 is 5.32 Å². The third-order valence-corrected chi connectivity index (χ3v) is 3.00. The number of benzene rings is 1. The van der Waals surface area contributed by atoms with Crippen LogP contribution >= 0.6 is 11.8 Å². The molecule has 1 heterocycles. The highest BCUT2D eigenvalue weighted by molar-refractivity contribution is 7.99. The Kier molecular flexibility index (Phi) is 2.54. The molecule has 68 valence electrons. The molecule has 1 aliphatic rings. The topological polar surface area (TPSA) is 29.1 Å². The van der Waals surface area contributed by atoms with E-state index in [9.17, 15) is 4.79 Å². The van der Waals surface area contributed by atoms with Gasteiger partial charge in [-0.15, -0.1) is 0 Å². The molecule has 1 aliphatic heterocycles. The molecule has 0 saturated carbocycles. The lowest BCUT2D eigenvalue weighted by molar-refractivity contribution is -0.113. The molecule has 2 rings (SSSR count). The largest absolute Gasteiger partial charge is 0.325 e. The van der Waals surface area contributed by atoms with Crippen LogP contribution in [0.25, 0.3) is 0 Å². The Morgan fingerprint density at radius 2 is 2.15 bits per heavy atom. The standard InChI is InChI=1S/C10H11NOS/c12-10-7-13-6-5-8-3-1-2-4-9(8)11-10/h1-4H,5-7H2,(H,11,12). The molecular formula is C10H11NOS. The van der Waals surface area contributed by atoms with Crippen LogP contribution in [0.3, 0.4) is 0 Å². The number of nitrogens with one attached hydrogen (secondary N) is 1. The van der Waals surface area contributed by atoms with E-state index in [-0.39, 0.29) is 5.91 Å². The van der Waals surface area contributed by atoms with Crippen molar-refractivity contribution in [2.24, 2.45) is 0 Å². The molecule has 1 aromatic carbocycles. The summed E-state index contributed by atoms with van der Waals surface area (Å²) in [5, 5.41) is 2.90. The zero-order chi connectivity index (χ0) is 9.10. The number of fused-ring (bicyclic) bond motifs is 1. The average molecular weight is 193 g/mol. The summed E-state index contributed by atoms with van der Waals surface area (Å²) >= 11 is 1.69. The lowest BCUT2D eigenvalue weighted by atomic mass is 10.1. The molecule has 1 amide bonds. The number of para-hydroxylation sites is 1. The monoisotopic (exact) mass is 193 g/mol. The molecule has 0 spiro atoms. The molecule has 1 N–H and O–H groups in total. The van der Waals surface area contributed by atoms with E-state index in [0.717, 1.165) is 17.9 Å². The SMILES string of the molecule is O=C1CSCCc2ccccc2N1. The summed E-state index contributed by atoms with van der Waals surface area (Å²) in [4.78, 5) is 11.3. The number of amides is 1. The Bertz CT molecular complexity index is 324. The van der Waals surface area contributed by atoms with Crippen LogP contribution in [-0.4, -0.2) is 17.4 Å². The molecule has 0 bridgehead atoms. The summed E-state index contributed by atoms with van der Waals surface area (Å²) in [6.07, 6.45) is 1.04. The predicted octanol–water partition coefficient (Wildman–Crippen LogP) is 1.91. The minimum Gasteiger partial charge on any atom is -0.325 e. The van der Waals surface area contributed by atoms with Gasteiger partial charge in [0.05, 0.1) is 5.75 Å². The van der Waals surface area contributed by atoms with Gasteiger partial charge in [0.25, 0.3) is 0 Å². The highest BCUT2D eigenvalue weighted by atomic mass is 32.2. The van der Waals surface area contributed by atoms with Crippen molar-refractivity contribution in [1.29, 1.82) is 0 Å². The first kappa shape index (κ1) is 8.63. The maximum Gasteiger partial charge on any atom is 0.234 e.